The highest BCUT2D eigenvalue weighted by Gasteiger charge is 2.14. The summed E-state index contributed by atoms with van der Waals surface area (Å²) in [4.78, 5) is 24.5. The van der Waals surface area contributed by atoms with Gasteiger partial charge < -0.3 is 5.32 Å². The van der Waals surface area contributed by atoms with E-state index in [1.807, 2.05) is 55.6 Å². The largest absolute Gasteiger partial charge is 0.322 e. The summed E-state index contributed by atoms with van der Waals surface area (Å²) in [6, 6.07) is 17.3. The highest BCUT2D eigenvalue weighted by atomic mass is 35.5. The van der Waals surface area contributed by atoms with E-state index >= 15 is 0 Å². The second-order valence-electron chi connectivity index (χ2n) is 8.53. The summed E-state index contributed by atoms with van der Waals surface area (Å²) in [5.41, 5.74) is 6.10. The number of halogens is 1. The van der Waals surface area contributed by atoms with E-state index in [1.54, 1.807) is 12.3 Å². The van der Waals surface area contributed by atoms with Crippen LogP contribution in [0.1, 0.15) is 34.3 Å². The van der Waals surface area contributed by atoms with Crippen molar-refractivity contribution in [3.8, 4) is 11.3 Å². The second kappa shape index (κ2) is 9.30. The van der Waals surface area contributed by atoms with Gasteiger partial charge in [0, 0.05) is 40.6 Å². The molecular formula is C27H25ClN4O. The van der Waals surface area contributed by atoms with E-state index in [-0.39, 0.29) is 5.91 Å². The van der Waals surface area contributed by atoms with Gasteiger partial charge in [-0.15, -0.1) is 0 Å². The van der Waals surface area contributed by atoms with Gasteiger partial charge in [0.2, 0.25) is 0 Å². The van der Waals surface area contributed by atoms with Gasteiger partial charge in [-0.05, 0) is 80.4 Å². The molecular weight excluding hydrogens is 432 g/mol. The molecule has 33 heavy (non-hydrogen) atoms. The zero-order valence-electron chi connectivity index (χ0n) is 18.5. The highest BCUT2D eigenvalue weighted by Crippen LogP contribution is 2.26. The number of carbonyl (C=O) groups excluding carboxylic acids is 1. The van der Waals surface area contributed by atoms with Gasteiger partial charge in [0.25, 0.3) is 5.91 Å². The number of anilines is 1. The molecule has 2 aromatic carbocycles. The first-order chi connectivity index (χ1) is 16.1. The number of pyridine rings is 2. The van der Waals surface area contributed by atoms with Crippen molar-refractivity contribution < 1.29 is 4.79 Å². The van der Waals surface area contributed by atoms with Crippen LogP contribution >= 0.6 is 11.6 Å². The van der Waals surface area contributed by atoms with E-state index in [1.165, 1.54) is 18.4 Å². The third-order valence-electron chi connectivity index (χ3n) is 6.18. The topological polar surface area (TPSA) is 58.1 Å². The van der Waals surface area contributed by atoms with Gasteiger partial charge in [-0.3, -0.25) is 19.7 Å². The van der Waals surface area contributed by atoms with Crippen LogP contribution in [-0.4, -0.2) is 33.9 Å². The minimum absolute atomic E-state index is 0.196. The number of nitrogens with one attached hydrogen (secondary N) is 1. The molecule has 1 aliphatic rings. The smallest absolute Gasteiger partial charge is 0.257 e. The summed E-state index contributed by atoms with van der Waals surface area (Å²) in [5, 5.41) is 4.79. The lowest BCUT2D eigenvalue weighted by Crippen LogP contribution is -2.18. The van der Waals surface area contributed by atoms with E-state index < -0.39 is 0 Å². The summed E-state index contributed by atoms with van der Waals surface area (Å²) in [6.07, 6.45) is 6.11. The van der Waals surface area contributed by atoms with Crippen molar-refractivity contribution >= 4 is 34.1 Å². The lowest BCUT2D eigenvalue weighted by molar-refractivity contribution is 0.102. The summed E-state index contributed by atoms with van der Waals surface area (Å²) < 4.78 is 0. The molecule has 0 spiro atoms. The quantitative estimate of drug-likeness (QED) is 0.393. The third-order valence-corrected chi connectivity index (χ3v) is 6.43. The maximum Gasteiger partial charge on any atom is 0.257 e. The maximum atomic E-state index is 12.8. The molecule has 1 saturated heterocycles. The summed E-state index contributed by atoms with van der Waals surface area (Å²) in [7, 11) is 0. The Hall–Kier alpha value is -3.28. The number of nitrogens with zero attached hydrogens (tertiary/aromatic N) is 3. The first-order valence-corrected chi connectivity index (χ1v) is 11.6. The van der Waals surface area contributed by atoms with Crippen LogP contribution in [0.15, 0.2) is 67.0 Å². The number of benzene rings is 2. The van der Waals surface area contributed by atoms with Crippen LogP contribution < -0.4 is 5.32 Å². The van der Waals surface area contributed by atoms with E-state index in [4.69, 9.17) is 16.6 Å². The SMILES string of the molecule is Cc1c(NC(=O)c2ccc(-c3ccc(Cl)cc3)nc2)ccc2cc(CN3CCCC3)cnc12. The van der Waals surface area contributed by atoms with Crippen molar-refractivity contribution in [2.75, 3.05) is 18.4 Å². The van der Waals surface area contributed by atoms with Crippen LogP contribution in [0.4, 0.5) is 5.69 Å². The normalized spacial score (nSPS) is 14.0. The first kappa shape index (κ1) is 21.6. The Bertz CT molecular complexity index is 1300. The lowest BCUT2D eigenvalue weighted by atomic mass is 10.1. The molecule has 0 unspecified atom stereocenters. The minimum Gasteiger partial charge on any atom is -0.322 e. The highest BCUT2D eigenvalue weighted by molar-refractivity contribution is 6.30. The van der Waals surface area contributed by atoms with Crippen molar-refractivity contribution in [1.29, 1.82) is 0 Å². The Balaban J connectivity index is 1.32. The van der Waals surface area contributed by atoms with Gasteiger partial charge in [-0.2, -0.15) is 0 Å². The lowest BCUT2D eigenvalue weighted by Gasteiger charge is -2.15. The van der Waals surface area contributed by atoms with Crippen LogP contribution in [0.5, 0.6) is 0 Å². The molecule has 1 aliphatic heterocycles. The molecule has 2 aromatic heterocycles. The Morgan fingerprint density at radius 2 is 1.79 bits per heavy atom. The van der Waals surface area contributed by atoms with Crippen LogP contribution in [-0.2, 0) is 6.54 Å². The molecule has 6 heteroatoms. The molecule has 5 nitrogen and oxygen atoms in total. The molecule has 166 valence electrons. The number of hydrogen-bond acceptors (Lipinski definition) is 4. The molecule has 0 radical (unpaired) electrons. The van der Waals surface area contributed by atoms with Crippen LogP contribution in [0.25, 0.3) is 22.2 Å². The molecule has 0 bridgehead atoms. The second-order valence-corrected chi connectivity index (χ2v) is 8.97. The molecule has 5 rings (SSSR count). The fourth-order valence-electron chi connectivity index (χ4n) is 4.33. The zero-order chi connectivity index (χ0) is 22.8. The Kier molecular flexibility index (Phi) is 6.07. The standard InChI is InChI=1S/C27H25ClN4O/c1-18-24(10-6-21-14-19(15-30-26(18)21)17-32-12-2-3-13-32)31-27(33)22-7-11-25(29-16-22)20-4-8-23(28)9-5-20/h4-11,14-16H,2-3,12-13,17H2,1H3,(H,31,33). The summed E-state index contributed by atoms with van der Waals surface area (Å²) >= 11 is 5.95. The van der Waals surface area contributed by atoms with Crippen LogP contribution in [0, 0.1) is 6.92 Å². The van der Waals surface area contributed by atoms with Gasteiger partial charge in [0.1, 0.15) is 0 Å². The fourth-order valence-corrected chi connectivity index (χ4v) is 4.45. The maximum absolute atomic E-state index is 12.8. The molecule has 1 fully saturated rings. The van der Waals surface area contributed by atoms with E-state index in [0.29, 0.717) is 10.6 Å². The van der Waals surface area contributed by atoms with Crippen molar-refractivity contribution in [3.63, 3.8) is 0 Å². The predicted molar refractivity (Wildman–Crippen MR) is 134 cm³/mol. The molecule has 4 aromatic rings. The Morgan fingerprint density at radius 1 is 1.00 bits per heavy atom. The predicted octanol–water partition coefficient (Wildman–Crippen LogP) is 6.11. The average molecular weight is 457 g/mol. The van der Waals surface area contributed by atoms with Crippen molar-refractivity contribution in [2.45, 2.75) is 26.3 Å². The van der Waals surface area contributed by atoms with E-state index in [9.17, 15) is 4.79 Å². The molecule has 0 atom stereocenters. The number of amides is 1. The van der Waals surface area contributed by atoms with Gasteiger partial charge in [0.05, 0.1) is 16.8 Å². The number of rotatable bonds is 5. The van der Waals surface area contributed by atoms with Gasteiger partial charge in [0.15, 0.2) is 0 Å². The molecule has 1 N–H and O–H groups in total. The monoisotopic (exact) mass is 456 g/mol. The van der Waals surface area contributed by atoms with Gasteiger partial charge in [-0.25, -0.2) is 0 Å². The number of aryl methyl sites for hydroxylation is 1. The minimum atomic E-state index is -0.196. The summed E-state index contributed by atoms with van der Waals surface area (Å²) in [6.45, 7) is 5.27. The number of fused-ring (bicyclic) bond motifs is 1. The molecule has 3 heterocycles. The van der Waals surface area contributed by atoms with Crippen molar-refractivity contribution in [3.05, 3.63) is 88.7 Å². The van der Waals surface area contributed by atoms with E-state index in [0.717, 1.165) is 53.0 Å². The van der Waals surface area contributed by atoms with Gasteiger partial charge in [-0.1, -0.05) is 29.8 Å². The van der Waals surface area contributed by atoms with Crippen molar-refractivity contribution in [2.24, 2.45) is 0 Å². The number of carbonyl (C=O) groups is 1. The van der Waals surface area contributed by atoms with Crippen LogP contribution in [0.2, 0.25) is 5.02 Å². The average Bonchev–Trinajstić information content (AvgIpc) is 3.34. The van der Waals surface area contributed by atoms with E-state index in [2.05, 4.69) is 21.3 Å². The van der Waals surface area contributed by atoms with Crippen LogP contribution in [0.3, 0.4) is 0 Å². The Labute approximate surface area is 198 Å². The third kappa shape index (κ3) is 4.75. The number of likely N-dealkylation sites (tertiary alicyclic amines) is 1. The molecule has 0 saturated carbocycles. The van der Waals surface area contributed by atoms with Gasteiger partial charge >= 0.3 is 0 Å². The number of hydrogen-bond donors (Lipinski definition) is 1. The first-order valence-electron chi connectivity index (χ1n) is 11.2. The zero-order valence-corrected chi connectivity index (χ0v) is 19.3. The van der Waals surface area contributed by atoms with Crippen molar-refractivity contribution in [1.82, 2.24) is 14.9 Å². The molecule has 0 aliphatic carbocycles. The molecule has 1 amide bonds. The summed E-state index contributed by atoms with van der Waals surface area (Å²) in [5.74, 6) is -0.196. The Morgan fingerprint density at radius 3 is 2.52 bits per heavy atom. The number of aromatic nitrogens is 2. The fraction of sp³-hybridized carbons (Fsp3) is 0.222.